The van der Waals surface area contributed by atoms with Gasteiger partial charge in [0.2, 0.25) is 41.4 Å². The fourth-order valence-electron chi connectivity index (χ4n) is 14.2. The number of carbonyl (C=O) groups is 14. The number of aliphatic hydroxyl groups is 2. The first-order valence-corrected chi connectivity index (χ1v) is 40.5. The number of benzene rings is 5. The first-order valence-electron chi connectivity index (χ1n) is 40.5. The van der Waals surface area contributed by atoms with Crippen molar-refractivity contribution in [2.45, 2.75) is 199 Å². The number of hydrogen-bond donors (Lipinski definition) is 14. The summed E-state index contributed by atoms with van der Waals surface area (Å²) in [6.07, 6.45) is -2.12. The number of aliphatic hydroxyl groups excluding tert-OH is 2. The minimum Gasteiger partial charge on any atom is -0.508 e. The lowest BCUT2D eigenvalue weighted by molar-refractivity contribution is -0.139. The minimum absolute atomic E-state index is 0.00417. The van der Waals surface area contributed by atoms with E-state index in [-0.39, 0.29) is 88.3 Å². The number of aromatic nitrogens is 1. The Balaban J connectivity index is 1.23. The summed E-state index contributed by atoms with van der Waals surface area (Å²) in [5.41, 5.74) is 21.3. The maximum Gasteiger partial charge on any atom is 0.303 e. The Hall–Kier alpha value is -10.9. The van der Waals surface area contributed by atoms with E-state index in [1.165, 1.54) is 19.1 Å². The van der Waals surface area contributed by atoms with Crippen LogP contribution >= 0.6 is 0 Å². The molecular formula is C89H118N10O18. The molecule has 0 saturated heterocycles. The van der Waals surface area contributed by atoms with Crippen molar-refractivity contribution in [3.05, 3.63) is 174 Å². The maximum absolute atomic E-state index is 15.2. The van der Waals surface area contributed by atoms with Crippen LogP contribution in [0.2, 0.25) is 0 Å². The zero-order chi connectivity index (χ0) is 85.7. The van der Waals surface area contributed by atoms with E-state index in [0.717, 1.165) is 16.5 Å². The molecule has 17 N–H and O–H groups in total. The number of phenolic OH excluding ortho intramolecular Hbond substituents is 1. The van der Waals surface area contributed by atoms with Crippen molar-refractivity contribution < 1.29 is 87.5 Å². The highest BCUT2D eigenvalue weighted by atomic mass is 16.4. The van der Waals surface area contributed by atoms with Gasteiger partial charge in [0.15, 0.2) is 28.9 Å². The molecule has 0 aliphatic carbocycles. The normalized spacial score (nSPS) is 14.5. The van der Waals surface area contributed by atoms with Crippen LogP contribution in [0.15, 0.2) is 146 Å². The Morgan fingerprint density at radius 3 is 1.36 bits per heavy atom. The predicted octanol–water partition coefficient (Wildman–Crippen LogP) is 6.06. The van der Waals surface area contributed by atoms with E-state index in [9.17, 15) is 73.2 Å². The van der Waals surface area contributed by atoms with Gasteiger partial charge in [-0.1, -0.05) is 155 Å². The monoisotopic (exact) mass is 1610 g/mol. The predicted molar refractivity (Wildman–Crippen MR) is 441 cm³/mol. The van der Waals surface area contributed by atoms with Crippen molar-refractivity contribution in [1.29, 1.82) is 0 Å². The summed E-state index contributed by atoms with van der Waals surface area (Å²) in [5, 5.41) is 58.3. The van der Waals surface area contributed by atoms with Gasteiger partial charge >= 0.3 is 5.97 Å². The van der Waals surface area contributed by atoms with Gasteiger partial charge in [0.05, 0.1) is 49.3 Å². The molecule has 1 heterocycles. The number of para-hydroxylation sites is 1. The number of ketones is 6. The van der Waals surface area contributed by atoms with Crippen molar-refractivity contribution in [3.63, 3.8) is 0 Å². The molecule has 0 aliphatic rings. The maximum atomic E-state index is 15.2. The molecule has 117 heavy (non-hydrogen) atoms. The number of phenols is 1. The number of hydrogen-bond acceptors (Lipinski definition) is 19. The lowest BCUT2D eigenvalue weighted by Gasteiger charge is -2.27. The van der Waals surface area contributed by atoms with E-state index in [2.05, 4.69) is 36.9 Å². The average Bonchev–Trinajstić information content (AvgIpc) is 1.68. The SMILES string of the molecule is CC(C)C[C@H](NC(=O)[C@@H](CC(=O)[C@H](CCCCN)NC(=O)[C@H](CCCCN)CC(=O)[C@H](CCC(=O)O)NC(=O)[C@H](CO)CC(=O)[C@H](Cc1ccccc1)NC(=O)[C@@H](CC(=O)C(C)C)Cc1ccccc1)Cc1ccc(O)cc1)C(=O)C[C@@H](Cc1c[nH]c2ccccc12)C(=O)NCC(=O)C[C@@H](Cc1ccccc1)C(=O)N[C@H](C(N)=O)[C@@H](C)O. The number of rotatable bonds is 56. The third-order valence-electron chi connectivity index (χ3n) is 21.0. The fraction of sp³-hybridized carbons (Fsp3) is 0.483. The smallest absolute Gasteiger partial charge is 0.303 e. The topological polar surface area (TPSA) is 486 Å². The summed E-state index contributed by atoms with van der Waals surface area (Å²) >= 11 is 0. The molecule has 28 nitrogen and oxygen atoms in total. The molecule has 0 spiro atoms. The minimum atomic E-state index is -1.59. The van der Waals surface area contributed by atoms with Crippen LogP contribution in [0.25, 0.3) is 10.9 Å². The van der Waals surface area contributed by atoms with Crippen LogP contribution in [0, 0.1) is 47.3 Å². The molecule has 0 fully saturated rings. The summed E-state index contributed by atoms with van der Waals surface area (Å²) < 4.78 is 0. The molecule has 6 rings (SSSR count). The van der Waals surface area contributed by atoms with Crippen molar-refractivity contribution >= 4 is 92.9 Å². The highest BCUT2D eigenvalue weighted by Gasteiger charge is 2.38. The standard InChI is InChI=1S/C89H118N10O18/c1-54(2)39-74(79(107)49-65(44-66-51-93-71-29-16-15-28-70(66)71)84(112)94-52-69(103)45-62(40-57-21-9-6-10-22-57)88(116)99-82(56(5)101)83(92)111)97-87(115)64(42-60-31-33-68(102)34-32-60)48-78(106)72(30-18-20-38-91)95-85(113)61(27-17-19-37-90)46-77(105)73(35-36-81(109)110)96-89(117)67(53-100)50-80(108)75(43-59-25-13-8-14-26-59)98-86(114)63(47-76(104)55(3)4)41-58-23-11-7-12-24-58/h6-16,21-26,28-29,31-34,51,54-56,61-65,67,72-75,82,93,100-102H,17-20,27,30,35-50,52-53,90-91H2,1-5H3,(H2,92,111)(H,94,112)(H,95,113)(H,96,117)(H,97,115)(H,98,114)(H,99,116)(H,109,110)/t56-,61-,62-,63-,64-,65-,67+,72+,73+,74+,75+,82+/m1/s1. The quantitative estimate of drug-likeness (QED) is 0.0193. The third-order valence-corrected chi connectivity index (χ3v) is 21.0. The van der Waals surface area contributed by atoms with Crippen LogP contribution in [0.4, 0.5) is 0 Å². The number of nitrogens with one attached hydrogen (secondary N) is 7. The van der Waals surface area contributed by atoms with E-state index in [1.54, 1.807) is 111 Å². The van der Waals surface area contributed by atoms with Crippen LogP contribution in [0.3, 0.4) is 0 Å². The second-order valence-corrected chi connectivity index (χ2v) is 31.3. The average molecular weight is 1620 g/mol. The summed E-state index contributed by atoms with van der Waals surface area (Å²) in [5.74, 6) is -18.2. The number of nitrogens with two attached hydrogens (primary N) is 3. The molecule has 0 bridgehead atoms. The number of carbonyl (C=O) groups excluding carboxylic acids is 13. The zero-order valence-corrected chi connectivity index (χ0v) is 67.6. The molecule has 632 valence electrons. The molecule has 0 aliphatic heterocycles. The number of primary amides is 1. The highest BCUT2D eigenvalue weighted by Crippen LogP contribution is 2.28. The van der Waals surface area contributed by atoms with Crippen LogP contribution in [-0.4, -0.2) is 170 Å². The van der Waals surface area contributed by atoms with E-state index < -0.39 is 212 Å². The molecule has 0 saturated carbocycles. The number of carboxylic acids is 1. The number of H-pyrrole nitrogens is 1. The summed E-state index contributed by atoms with van der Waals surface area (Å²) in [7, 11) is 0. The Bertz CT molecular complexity index is 4270. The number of Topliss-reactive ketones (excluding diaryl/α,β-unsaturated/α-hetero) is 6. The van der Waals surface area contributed by atoms with Gasteiger partial charge in [-0.2, -0.15) is 0 Å². The molecule has 5 aromatic carbocycles. The van der Waals surface area contributed by atoms with Crippen molar-refractivity contribution in [2.75, 3.05) is 26.2 Å². The molecular weight excluding hydrogens is 1500 g/mol. The van der Waals surface area contributed by atoms with Crippen molar-refractivity contribution in [1.82, 2.24) is 36.9 Å². The molecule has 1 aromatic heterocycles. The van der Waals surface area contributed by atoms with Crippen LogP contribution < -0.4 is 49.1 Å². The van der Waals surface area contributed by atoms with Crippen molar-refractivity contribution in [2.24, 2.45) is 64.5 Å². The summed E-state index contributed by atoms with van der Waals surface area (Å²) in [4.78, 5) is 201. The zero-order valence-electron chi connectivity index (χ0n) is 67.6. The van der Waals surface area contributed by atoms with Gasteiger partial charge in [-0.25, -0.2) is 0 Å². The van der Waals surface area contributed by atoms with Crippen LogP contribution in [0.1, 0.15) is 159 Å². The lowest BCUT2D eigenvalue weighted by atomic mass is 9.87. The van der Waals surface area contributed by atoms with Gasteiger partial charge in [-0.3, -0.25) is 67.1 Å². The van der Waals surface area contributed by atoms with Crippen LogP contribution in [-0.2, 0) is 99.2 Å². The largest absolute Gasteiger partial charge is 0.508 e. The van der Waals surface area contributed by atoms with E-state index >= 15 is 14.4 Å². The Labute approximate surface area is 683 Å². The fourth-order valence-corrected chi connectivity index (χ4v) is 14.2. The summed E-state index contributed by atoms with van der Waals surface area (Å²) in [6, 6.07) is 32.8. The first kappa shape index (κ1) is 94.9. The van der Waals surface area contributed by atoms with E-state index in [0.29, 0.717) is 47.9 Å². The lowest BCUT2D eigenvalue weighted by Crippen LogP contribution is -2.52. The molecule has 6 aromatic rings. The van der Waals surface area contributed by atoms with Gasteiger partial charge < -0.3 is 74.5 Å². The molecule has 7 amide bonds. The molecule has 12 atom stereocenters. The van der Waals surface area contributed by atoms with Gasteiger partial charge in [0, 0.05) is 97.6 Å². The van der Waals surface area contributed by atoms with Gasteiger partial charge in [0.1, 0.15) is 17.6 Å². The number of aromatic hydroxyl groups is 1. The van der Waals surface area contributed by atoms with Gasteiger partial charge in [0.25, 0.3) is 0 Å². The van der Waals surface area contributed by atoms with E-state index in [1.807, 2.05) is 50.2 Å². The highest BCUT2D eigenvalue weighted by molar-refractivity contribution is 6.00. The van der Waals surface area contributed by atoms with Gasteiger partial charge in [-0.05, 0) is 149 Å². The van der Waals surface area contributed by atoms with Crippen LogP contribution in [0.5, 0.6) is 5.75 Å². The number of carboxylic acid groups (broad SMARTS) is 1. The first-order chi connectivity index (χ1) is 55.9. The second-order valence-electron chi connectivity index (χ2n) is 31.3. The number of aromatic amines is 1. The number of amides is 7. The van der Waals surface area contributed by atoms with E-state index in [4.69, 9.17) is 17.2 Å². The number of fused-ring (bicyclic) bond motifs is 1. The number of aliphatic carboxylic acids is 1. The third kappa shape index (κ3) is 32.6. The number of unbranched alkanes of at least 4 members (excludes halogenated alkanes) is 2. The van der Waals surface area contributed by atoms with Crippen molar-refractivity contribution in [3.8, 4) is 5.75 Å². The van der Waals surface area contributed by atoms with Gasteiger partial charge in [-0.15, -0.1) is 0 Å². The summed E-state index contributed by atoms with van der Waals surface area (Å²) in [6.45, 7) is 7.25. The Morgan fingerprint density at radius 2 is 0.846 bits per heavy atom. The Morgan fingerprint density at radius 1 is 0.427 bits per heavy atom. The second kappa shape index (κ2) is 49.2. The molecule has 0 unspecified atom stereocenters. The Kier molecular flexibility index (Phi) is 39.9. The molecule has 0 radical (unpaired) electrons. The molecule has 28 heteroatoms.